The summed E-state index contributed by atoms with van der Waals surface area (Å²) in [6, 6.07) is 0. The third-order valence-corrected chi connectivity index (χ3v) is 3.52. The molecule has 2 N–H and O–H groups in total. The fraction of sp³-hybridized carbons (Fsp3) is 0.900. The van der Waals surface area contributed by atoms with Gasteiger partial charge in [-0.15, -0.1) is 0 Å². The smallest absolute Gasteiger partial charge is 0.305 e. The maximum atomic E-state index is 10.3. The highest BCUT2D eigenvalue weighted by Gasteiger charge is 1.98. The van der Waals surface area contributed by atoms with Crippen molar-refractivity contribution in [3.05, 3.63) is 0 Å². The summed E-state index contributed by atoms with van der Waals surface area (Å²) in [4.78, 5) is 20.5. The zero-order chi connectivity index (χ0) is 23.5. The van der Waals surface area contributed by atoms with Gasteiger partial charge < -0.3 is 48.1 Å². The quantitative estimate of drug-likeness (QED) is 0.156. The highest BCUT2D eigenvalue weighted by atomic mass is 16.6. The lowest BCUT2D eigenvalue weighted by Gasteiger charge is -2.08. The molecule has 0 unspecified atom stereocenters. The molecule has 0 aromatic heterocycles. The van der Waals surface area contributed by atoms with E-state index >= 15 is 0 Å². The Bertz CT molecular complexity index is 383. The van der Waals surface area contributed by atoms with Gasteiger partial charge in [-0.3, -0.25) is 9.59 Å². The van der Waals surface area contributed by atoms with Gasteiger partial charge in [0.2, 0.25) is 0 Å². The van der Waals surface area contributed by atoms with Gasteiger partial charge >= 0.3 is 11.9 Å². The maximum Gasteiger partial charge on any atom is 0.305 e. The SMILES string of the molecule is O=C(O)CCOCCOCCOCCOCCOCCOCCOCCOCCC(=O)O. The predicted octanol–water partition coefficient (Wildman–Crippen LogP) is 0.0686. The molecular formula is C20H38O12. The fourth-order valence-electron chi connectivity index (χ4n) is 1.96. The Morgan fingerprint density at radius 1 is 0.344 bits per heavy atom. The standard InChI is InChI=1S/C20H38O12/c21-19(22)1-3-25-5-7-27-9-11-29-13-15-31-17-18-32-16-14-30-12-10-28-8-6-26-4-2-20(23)24/h1-18H2,(H,21,22)(H,23,24). The molecule has 0 saturated carbocycles. The molecule has 0 atom stereocenters. The summed E-state index contributed by atoms with van der Waals surface area (Å²) >= 11 is 0. The fourth-order valence-corrected chi connectivity index (χ4v) is 1.96. The number of aliphatic carboxylic acids is 2. The van der Waals surface area contributed by atoms with Crippen molar-refractivity contribution in [1.82, 2.24) is 0 Å². The van der Waals surface area contributed by atoms with E-state index in [2.05, 4.69) is 0 Å². The summed E-state index contributed by atoms with van der Waals surface area (Å²) in [7, 11) is 0. The number of carbonyl (C=O) groups is 2. The summed E-state index contributed by atoms with van der Waals surface area (Å²) in [5.41, 5.74) is 0. The van der Waals surface area contributed by atoms with Crippen LogP contribution in [0, 0.1) is 0 Å². The molecule has 0 rings (SSSR count). The summed E-state index contributed by atoms with van der Waals surface area (Å²) in [5.74, 6) is -1.76. The van der Waals surface area contributed by atoms with Crippen molar-refractivity contribution in [3.8, 4) is 0 Å². The van der Waals surface area contributed by atoms with Gasteiger partial charge in [0.25, 0.3) is 0 Å². The molecule has 0 amide bonds. The molecule has 0 aromatic rings. The van der Waals surface area contributed by atoms with Crippen LogP contribution in [0.4, 0.5) is 0 Å². The predicted molar refractivity (Wildman–Crippen MR) is 111 cm³/mol. The van der Waals surface area contributed by atoms with E-state index in [1.54, 1.807) is 0 Å². The van der Waals surface area contributed by atoms with Crippen LogP contribution in [0.5, 0.6) is 0 Å². The van der Waals surface area contributed by atoms with Crippen LogP contribution in [0.3, 0.4) is 0 Å². The molecule has 0 spiro atoms. The van der Waals surface area contributed by atoms with Crippen molar-refractivity contribution < 1.29 is 57.7 Å². The van der Waals surface area contributed by atoms with Crippen LogP contribution >= 0.6 is 0 Å². The Labute approximate surface area is 188 Å². The highest BCUT2D eigenvalue weighted by molar-refractivity contribution is 5.66. The number of rotatable bonds is 27. The molecule has 12 nitrogen and oxygen atoms in total. The van der Waals surface area contributed by atoms with Gasteiger partial charge in [0.05, 0.1) is 119 Å². The third kappa shape index (κ3) is 28.6. The van der Waals surface area contributed by atoms with Crippen molar-refractivity contribution in [2.24, 2.45) is 0 Å². The molecule has 0 aliphatic carbocycles. The first-order valence-corrected chi connectivity index (χ1v) is 10.7. The normalized spacial score (nSPS) is 11.1. The Morgan fingerprint density at radius 3 is 0.656 bits per heavy atom. The van der Waals surface area contributed by atoms with Gasteiger partial charge in [0, 0.05) is 0 Å². The molecule has 0 aliphatic rings. The van der Waals surface area contributed by atoms with Crippen LogP contribution in [0.25, 0.3) is 0 Å². The number of hydrogen-bond acceptors (Lipinski definition) is 10. The Kier molecular flexibility index (Phi) is 24.8. The van der Waals surface area contributed by atoms with Crippen LogP contribution in [0.2, 0.25) is 0 Å². The van der Waals surface area contributed by atoms with Crippen molar-refractivity contribution in [3.63, 3.8) is 0 Å². The second kappa shape index (κ2) is 25.9. The molecule has 32 heavy (non-hydrogen) atoms. The van der Waals surface area contributed by atoms with Crippen LogP contribution in [0.15, 0.2) is 0 Å². The molecular weight excluding hydrogens is 432 g/mol. The van der Waals surface area contributed by atoms with E-state index in [0.717, 1.165) is 0 Å². The summed E-state index contributed by atoms with van der Waals surface area (Å²) < 4.78 is 42.2. The molecule has 0 heterocycles. The molecule has 0 fully saturated rings. The van der Waals surface area contributed by atoms with Gasteiger partial charge in [0.15, 0.2) is 0 Å². The lowest BCUT2D eigenvalue weighted by molar-refractivity contribution is -0.139. The Hall–Kier alpha value is -1.38. The van der Waals surface area contributed by atoms with Gasteiger partial charge in [-0.05, 0) is 0 Å². The van der Waals surface area contributed by atoms with Gasteiger partial charge in [-0.2, -0.15) is 0 Å². The molecule has 0 radical (unpaired) electrons. The van der Waals surface area contributed by atoms with E-state index in [1.807, 2.05) is 0 Å². The largest absolute Gasteiger partial charge is 0.481 e. The molecule has 190 valence electrons. The molecule has 12 heteroatoms. The number of carboxylic acids is 2. The molecule has 0 bridgehead atoms. The summed E-state index contributed by atoms with van der Waals surface area (Å²) in [6.45, 7) is 6.50. The first-order chi connectivity index (χ1) is 15.6. The Morgan fingerprint density at radius 2 is 0.500 bits per heavy atom. The van der Waals surface area contributed by atoms with E-state index < -0.39 is 11.9 Å². The molecule has 0 aromatic carbocycles. The monoisotopic (exact) mass is 470 g/mol. The zero-order valence-electron chi connectivity index (χ0n) is 18.7. The van der Waals surface area contributed by atoms with Crippen LogP contribution in [-0.4, -0.2) is 128 Å². The average Bonchev–Trinajstić information content (AvgIpc) is 2.75. The van der Waals surface area contributed by atoms with Crippen LogP contribution in [0.1, 0.15) is 12.8 Å². The number of hydrogen-bond donors (Lipinski definition) is 2. The summed E-state index contributed by atoms with van der Waals surface area (Å²) in [6.07, 6.45) is -0.0104. The minimum Gasteiger partial charge on any atom is -0.481 e. The van der Waals surface area contributed by atoms with E-state index in [-0.39, 0.29) is 26.1 Å². The number of ether oxygens (including phenoxy) is 8. The van der Waals surface area contributed by atoms with Crippen molar-refractivity contribution in [1.29, 1.82) is 0 Å². The summed E-state index contributed by atoms with van der Waals surface area (Å²) in [5, 5.41) is 16.9. The topological polar surface area (TPSA) is 148 Å². The average molecular weight is 471 g/mol. The van der Waals surface area contributed by atoms with Gasteiger partial charge in [-0.25, -0.2) is 0 Å². The van der Waals surface area contributed by atoms with Crippen molar-refractivity contribution >= 4 is 11.9 Å². The van der Waals surface area contributed by atoms with Crippen LogP contribution < -0.4 is 0 Å². The van der Waals surface area contributed by atoms with E-state index in [1.165, 1.54) is 0 Å². The highest BCUT2D eigenvalue weighted by Crippen LogP contribution is 1.87. The Balaban J connectivity index is 3.02. The van der Waals surface area contributed by atoms with Gasteiger partial charge in [0.1, 0.15) is 0 Å². The third-order valence-electron chi connectivity index (χ3n) is 3.52. The first kappa shape index (κ1) is 30.6. The van der Waals surface area contributed by atoms with Crippen molar-refractivity contribution in [2.75, 3.05) is 106 Å². The molecule has 0 saturated heterocycles. The number of carboxylic acid groups (broad SMARTS) is 2. The minimum atomic E-state index is -0.878. The lowest BCUT2D eigenvalue weighted by atomic mass is 10.5. The second-order valence-corrected chi connectivity index (χ2v) is 6.19. The van der Waals surface area contributed by atoms with Crippen molar-refractivity contribution in [2.45, 2.75) is 12.8 Å². The van der Waals surface area contributed by atoms with Crippen LogP contribution in [-0.2, 0) is 47.5 Å². The zero-order valence-corrected chi connectivity index (χ0v) is 18.7. The lowest BCUT2D eigenvalue weighted by Crippen LogP contribution is -2.15. The minimum absolute atomic E-state index is 0.00519. The second-order valence-electron chi connectivity index (χ2n) is 6.19. The maximum absolute atomic E-state index is 10.3. The van der Waals surface area contributed by atoms with E-state index in [4.69, 9.17) is 48.1 Å². The first-order valence-electron chi connectivity index (χ1n) is 10.7. The molecule has 0 aliphatic heterocycles. The van der Waals surface area contributed by atoms with E-state index in [0.29, 0.717) is 92.5 Å². The van der Waals surface area contributed by atoms with Gasteiger partial charge in [-0.1, -0.05) is 0 Å². The van der Waals surface area contributed by atoms with E-state index in [9.17, 15) is 9.59 Å².